The number of hydrogen-bond donors (Lipinski definition) is 1. The van der Waals surface area contributed by atoms with Crippen molar-refractivity contribution in [3.8, 4) is 5.75 Å². The fourth-order valence-corrected chi connectivity index (χ4v) is 2.67. The van der Waals surface area contributed by atoms with Crippen LogP contribution in [0.1, 0.15) is 51.2 Å². The Morgan fingerprint density at radius 1 is 1.19 bits per heavy atom. The molecule has 1 aromatic rings. The zero-order valence-corrected chi connectivity index (χ0v) is 13.4. The molecule has 1 aromatic carbocycles. The predicted molar refractivity (Wildman–Crippen MR) is 82.6 cm³/mol. The van der Waals surface area contributed by atoms with Gasteiger partial charge in [-0.15, -0.1) is 0 Å². The minimum Gasteiger partial charge on any atom is -0.497 e. The van der Waals surface area contributed by atoms with Gasteiger partial charge in [-0.2, -0.15) is 0 Å². The zero-order chi connectivity index (χ0) is 15.9. The van der Waals surface area contributed by atoms with Crippen LogP contribution in [-0.2, 0) is 9.53 Å². The number of ether oxygens (including phenoxy) is 2. The molecule has 0 aliphatic carbocycles. The second-order valence-electron chi connectivity index (χ2n) is 5.98. The van der Waals surface area contributed by atoms with E-state index < -0.39 is 5.97 Å². The smallest absolute Gasteiger partial charge is 0.303 e. The summed E-state index contributed by atoms with van der Waals surface area (Å²) in [6.45, 7) is 4.32. The molecular formula is C17H26O4. The molecule has 0 aliphatic heterocycles. The monoisotopic (exact) mass is 294 g/mol. The summed E-state index contributed by atoms with van der Waals surface area (Å²) in [4.78, 5) is 10.6. The third kappa shape index (κ3) is 5.38. The van der Waals surface area contributed by atoms with Gasteiger partial charge in [0, 0.05) is 13.5 Å². The van der Waals surface area contributed by atoms with Crippen LogP contribution in [-0.4, -0.2) is 25.3 Å². The summed E-state index contributed by atoms with van der Waals surface area (Å²) < 4.78 is 10.9. The Morgan fingerprint density at radius 3 is 2.29 bits per heavy atom. The van der Waals surface area contributed by atoms with Gasteiger partial charge in [-0.25, -0.2) is 0 Å². The highest BCUT2D eigenvalue weighted by Gasteiger charge is 2.30. The van der Waals surface area contributed by atoms with Crippen LogP contribution in [0.2, 0.25) is 0 Å². The van der Waals surface area contributed by atoms with Gasteiger partial charge in [0.2, 0.25) is 0 Å². The van der Waals surface area contributed by atoms with E-state index in [0.29, 0.717) is 6.42 Å². The number of rotatable bonds is 9. The summed E-state index contributed by atoms with van der Waals surface area (Å²) in [6.07, 6.45) is 2.72. The van der Waals surface area contributed by atoms with Crippen LogP contribution in [0.25, 0.3) is 0 Å². The molecule has 1 rings (SSSR count). The molecule has 118 valence electrons. The van der Waals surface area contributed by atoms with Gasteiger partial charge in [0.15, 0.2) is 0 Å². The molecule has 0 spiro atoms. The molecule has 1 atom stereocenters. The van der Waals surface area contributed by atoms with Crippen molar-refractivity contribution in [2.24, 2.45) is 5.41 Å². The number of carbonyl (C=O) groups is 1. The summed E-state index contributed by atoms with van der Waals surface area (Å²) in [5.74, 6) is 0.0964. The van der Waals surface area contributed by atoms with Crippen LogP contribution >= 0.6 is 0 Å². The van der Waals surface area contributed by atoms with E-state index in [1.54, 1.807) is 14.2 Å². The second-order valence-corrected chi connectivity index (χ2v) is 5.98. The molecule has 4 nitrogen and oxygen atoms in total. The molecule has 4 heteroatoms. The van der Waals surface area contributed by atoms with Gasteiger partial charge in [0.25, 0.3) is 0 Å². The first kappa shape index (κ1) is 17.5. The number of carboxylic acid groups (broad SMARTS) is 1. The molecule has 0 radical (unpaired) electrons. The summed E-state index contributed by atoms with van der Waals surface area (Å²) in [6, 6.07) is 7.90. The fourth-order valence-electron chi connectivity index (χ4n) is 2.67. The largest absolute Gasteiger partial charge is 0.497 e. The Morgan fingerprint density at radius 2 is 1.81 bits per heavy atom. The molecule has 0 saturated heterocycles. The van der Waals surface area contributed by atoms with Crippen LogP contribution in [0.3, 0.4) is 0 Å². The molecule has 0 aliphatic rings. The Kier molecular flexibility index (Phi) is 6.69. The maximum Gasteiger partial charge on any atom is 0.303 e. The predicted octanol–water partition coefficient (Wildman–Crippen LogP) is 4.05. The fraction of sp³-hybridized carbons (Fsp3) is 0.588. The van der Waals surface area contributed by atoms with Crippen molar-refractivity contribution in [1.82, 2.24) is 0 Å². The van der Waals surface area contributed by atoms with Gasteiger partial charge in [-0.3, -0.25) is 4.79 Å². The minimum atomic E-state index is -0.730. The van der Waals surface area contributed by atoms with Crippen LogP contribution in [0.15, 0.2) is 24.3 Å². The topological polar surface area (TPSA) is 55.8 Å². The standard InChI is InChI=1S/C17H26O4/c1-17(2,12-6-5-7-15(18)19)16(21-4)13-8-10-14(20-3)11-9-13/h8-11,16H,5-7,12H2,1-4H3,(H,18,19). The normalized spacial score (nSPS) is 13.0. The summed E-state index contributed by atoms with van der Waals surface area (Å²) in [5.41, 5.74) is 1.06. The number of aliphatic carboxylic acids is 1. The lowest BCUT2D eigenvalue weighted by atomic mass is 9.78. The first-order valence-corrected chi connectivity index (χ1v) is 7.29. The third-order valence-electron chi connectivity index (χ3n) is 3.83. The lowest BCUT2D eigenvalue weighted by molar-refractivity contribution is -0.137. The quantitative estimate of drug-likeness (QED) is 0.698. The number of methoxy groups -OCH3 is 2. The highest BCUT2D eigenvalue weighted by molar-refractivity contribution is 5.66. The van der Waals surface area contributed by atoms with Crippen molar-refractivity contribution in [2.45, 2.75) is 45.6 Å². The molecular weight excluding hydrogens is 268 g/mol. The van der Waals surface area contributed by atoms with Crippen LogP contribution in [0.4, 0.5) is 0 Å². The first-order valence-electron chi connectivity index (χ1n) is 7.29. The zero-order valence-electron chi connectivity index (χ0n) is 13.4. The Bertz CT molecular complexity index is 437. The van der Waals surface area contributed by atoms with Crippen molar-refractivity contribution in [3.63, 3.8) is 0 Å². The molecule has 21 heavy (non-hydrogen) atoms. The molecule has 0 saturated carbocycles. The highest BCUT2D eigenvalue weighted by Crippen LogP contribution is 2.40. The number of unbranched alkanes of at least 4 members (excludes halogenated alkanes) is 1. The van der Waals surface area contributed by atoms with Crippen molar-refractivity contribution in [2.75, 3.05) is 14.2 Å². The Balaban J connectivity index is 2.68. The number of hydrogen-bond acceptors (Lipinski definition) is 3. The molecule has 0 heterocycles. The van der Waals surface area contributed by atoms with E-state index in [-0.39, 0.29) is 17.9 Å². The maximum absolute atomic E-state index is 10.6. The SMILES string of the molecule is COc1ccc(C(OC)C(C)(C)CCCCC(=O)O)cc1. The maximum atomic E-state index is 10.6. The molecule has 1 unspecified atom stereocenters. The number of carboxylic acids is 1. The van der Waals surface area contributed by atoms with E-state index in [4.69, 9.17) is 14.6 Å². The summed E-state index contributed by atoms with van der Waals surface area (Å²) >= 11 is 0. The Labute approximate surface area is 127 Å². The van der Waals surface area contributed by atoms with Crippen molar-refractivity contribution in [3.05, 3.63) is 29.8 Å². The molecule has 0 fully saturated rings. The third-order valence-corrected chi connectivity index (χ3v) is 3.83. The van der Waals surface area contributed by atoms with E-state index in [1.807, 2.05) is 24.3 Å². The van der Waals surface area contributed by atoms with E-state index in [9.17, 15) is 4.79 Å². The second kappa shape index (κ2) is 8.03. The average molecular weight is 294 g/mol. The van der Waals surface area contributed by atoms with Gasteiger partial charge in [0.1, 0.15) is 5.75 Å². The van der Waals surface area contributed by atoms with Crippen molar-refractivity contribution < 1.29 is 19.4 Å². The van der Waals surface area contributed by atoms with E-state index in [2.05, 4.69) is 13.8 Å². The average Bonchev–Trinajstić information content (AvgIpc) is 2.45. The van der Waals surface area contributed by atoms with Gasteiger partial charge >= 0.3 is 5.97 Å². The lowest BCUT2D eigenvalue weighted by Crippen LogP contribution is -2.24. The molecule has 0 aromatic heterocycles. The summed E-state index contributed by atoms with van der Waals surface area (Å²) in [7, 11) is 3.36. The molecule has 0 bridgehead atoms. The highest BCUT2D eigenvalue weighted by atomic mass is 16.5. The van der Waals surface area contributed by atoms with Gasteiger partial charge < -0.3 is 14.6 Å². The Hall–Kier alpha value is -1.55. The van der Waals surface area contributed by atoms with Crippen molar-refractivity contribution >= 4 is 5.97 Å². The van der Waals surface area contributed by atoms with Gasteiger partial charge in [-0.05, 0) is 36.0 Å². The van der Waals surface area contributed by atoms with Gasteiger partial charge in [-0.1, -0.05) is 32.4 Å². The summed E-state index contributed by atoms with van der Waals surface area (Å²) in [5, 5.41) is 8.69. The van der Waals surface area contributed by atoms with Crippen LogP contribution < -0.4 is 4.74 Å². The molecule has 1 N–H and O–H groups in total. The van der Waals surface area contributed by atoms with E-state index in [0.717, 1.165) is 24.2 Å². The first-order chi connectivity index (χ1) is 9.90. The number of benzene rings is 1. The minimum absolute atomic E-state index is 0.0202. The van der Waals surface area contributed by atoms with E-state index in [1.165, 1.54) is 0 Å². The van der Waals surface area contributed by atoms with E-state index >= 15 is 0 Å². The molecule has 0 amide bonds. The lowest BCUT2D eigenvalue weighted by Gasteiger charge is -2.34. The van der Waals surface area contributed by atoms with Crippen molar-refractivity contribution in [1.29, 1.82) is 0 Å². The van der Waals surface area contributed by atoms with Crippen LogP contribution in [0.5, 0.6) is 5.75 Å². The van der Waals surface area contributed by atoms with Crippen LogP contribution in [0, 0.1) is 5.41 Å². The van der Waals surface area contributed by atoms with Gasteiger partial charge in [0.05, 0.1) is 13.2 Å².